The molecule has 94 valence electrons. The van der Waals surface area contributed by atoms with Crippen LogP contribution < -0.4 is 5.73 Å². The minimum atomic E-state index is 0.447. The zero-order valence-corrected chi connectivity index (χ0v) is 11.8. The summed E-state index contributed by atoms with van der Waals surface area (Å²) in [6.45, 7) is 7.25. The highest BCUT2D eigenvalue weighted by Crippen LogP contribution is 2.18. The molecular weight excluding hydrogens is 240 g/mol. The smallest absolute Gasteiger partial charge is 0.120 e. The standard InChI is InChI=1S/C15H18N2S/c1-10-7-11(2)13(12(3)8-10)9-17-6-4-5-14(17)15(16)18/h4-8H,9H2,1-3H3,(H2,16,18). The molecule has 1 heterocycles. The first-order chi connectivity index (χ1) is 8.49. The summed E-state index contributed by atoms with van der Waals surface area (Å²) in [7, 11) is 0. The number of thiocarbonyl (C=S) groups is 1. The Labute approximate surface area is 113 Å². The lowest BCUT2D eigenvalue weighted by atomic mass is 10.00. The molecule has 3 heteroatoms. The van der Waals surface area contributed by atoms with Gasteiger partial charge in [-0.1, -0.05) is 29.9 Å². The van der Waals surface area contributed by atoms with Crippen LogP contribution >= 0.6 is 12.2 Å². The van der Waals surface area contributed by atoms with Gasteiger partial charge in [0.25, 0.3) is 0 Å². The van der Waals surface area contributed by atoms with Crippen LogP contribution in [0.5, 0.6) is 0 Å². The van der Waals surface area contributed by atoms with Gasteiger partial charge in [-0.2, -0.15) is 0 Å². The van der Waals surface area contributed by atoms with Gasteiger partial charge in [-0.15, -0.1) is 0 Å². The zero-order chi connectivity index (χ0) is 13.3. The van der Waals surface area contributed by atoms with Crippen molar-refractivity contribution in [1.29, 1.82) is 0 Å². The highest BCUT2D eigenvalue weighted by atomic mass is 32.1. The van der Waals surface area contributed by atoms with E-state index in [0.717, 1.165) is 12.2 Å². The summed E-state index contributed by atoms with van der Waals surface area (Å²) in [6.07, 6.45) is 2.02. The highest BCUT2D eigenvalue weighted by Gasteiger charge is 2.08. The molecule has 0 aliphatic rings. The SMILES string of the molecule is Cc1cc(C)c(Cn2cccc2C(N)=S)c(C)c1. The van der Waals surface area contributed by atoms with Crippen molar-refractivity contribution >= 4 is 17.2 Å². The van der Waals surface area contributed by atoms with E-state index in [1.54, 1.807) is 0 Å². The average Bonchev–Trinajstić information content (AvgIpc) is 2.71. The van der Waals surface area contributed by atoms with E-state index in [1.165, 1.54) is 22.3 Å². The second-order valence-electron chi connectivity index (χ2n) is 4.76. The van der Waals surface area contributed by atoms with Crippen molar-refractivity contribution in [2.45, 2.75) is 27.3 Å². The monoisotopic (exact) mass is 258 g/mol. The molecule has 0 aliphatic heterocycles. The summed E-state index contributed by atoms with van der Waals surface area (Å²) in [5, 5.41) is 0. The van der Waals surface area contributed by atoms with Gasteiger partial charge in [0.1, 0.15) is 4.99 Å². The maximum Gasteiger partial charge on any atom is 0.120 e. The second-order valence-corrected chi connectivity index (χ2v) is 5.20. The molecular formula is C15H18N2S. The van der Waals surface area contributed by atoms with Crippen LogP contribution in [-0.4, -0.2) is 9.56 Å². The topological polar surface area (TPSA) is 30.9 Å². The van der Waals surface area contributed by atoms with Gasteiger partial charge in [-0.05, 0) is 49.6 Å². The number of rotatable bonds is 3. The predicted octanol–water partition coefficient (Wildman–Crippen LogP) is 3.10. The van der Waals surface area contributed by atoms with E-state index in [-0.39, 0.29) is 0 Å². The first-order valence-corrected chi connectivity index (χ1v) is 6.41. The molecule has 0 spiro atoms. The maximum atomic E-state index is 5.72. The van der Waals surface area contributed by atoms with Gasteiger partial charge in [0.15, 0.2) is 0 Å². The molecule has 0 aliphatic carbocycles. The summed E-state index contributed by atoms with van der Waals surface area (Å²) < 4.78 is 2.10. The number of nitrogens with zero attached hydrogens (tertiary/aromatic N) is 1. The lowest BCUT2D eigenvalue weighted by molar-refractivity contribution is 0.787. The van der Waals surface area contributed by atoms with E-state index < -0.39 is 0 Å². The zero-order valence-electron chi connectivity index (χ0n) is 11.0. The first-order valence-electron chi connectivity index (χ1n) is 6.00. The van der Waals surface area contributed by atoms with Crippen LogP contribution in [0.3, 0.4) is 0 Å². The van der Waals surface area contributed by atoms with E-state index in [1.807, 2.05) is 18.3 Å². The molecule has 0 saturated heterocycles. The molecule has 1 aromatic heterocycles. The van der Waals surface area contributed by atoms with Crippen molar-refractivity contribution in [3.8, 4) is 0 Å². The highest BCUT2D eigenvalue weighted by molar-refractivity contribution is 7.80. The molecule has 0 bridgehead atoms. The average molecular weight is 258 g/mol. The molecule has 1 aromatic carbocycles. The maximum absolute atomic E-state index is 5.72. The number of nitrogens with two attached hydrogens (primary N) is 1. The first kappa shape index (κ1) is 12.8. The lowest BCUT2D eigenvalue weighted by Crippen LogP contribution is -2.16. The molecule has 0 saturated carbocycles. The Balaban J connectivity index is 2.40. The fourth-order valence-corrected chi connectivity index (χ4v) is 2.59. The molecule has 0 fully saturated rings. The second kappa shape index (κ2) is 4.94. The normalized spacial score (nSPS) is 10.6. The van der Waals surface area contributed by atoms with Gasteiger partial charge in [-0.3, -0.25) is 0 Å². The fraction of sp³-hybridized carbons (Fsp3) is 0.267. The van der Waals surface area contributed by atoms with Crippen molar-refractivity contribution in [2.24, 2.45) is 5.73 Å². The third-order valence-corrected chi connectivity index (χ3v) is 3.46. The Bertz CT molecular complexity index is 573. The summed E-state index contributed by atoms with van der Waals surface area (Å²) in [4.78, 5) is 0.447. The van der Waals surface area contributed by atoms with E-state index in [9.17, 15) is 0 Å². The van der Waals surface area contributed by atoms with Gasteiger partial charge in [0.05, 0.1) is 5.69 Å². The number of hydrogen-bond donors (Lipinski definition) is 1. The van der Waals surface area contributed by atoms with Crippen molar-refractivity contribution in [3.05, 3.63) is 58.4 Å². The van der Waals surface area contributed by atoms with Crippen LogP contribution in [0, 0.1) is 20.8 Å². The minimum Gasteiger partial charge on any atom is -0.388 e. The Morgan fingerprint density at radius 2 is 1.83 bits per heavy atom. The number of hydrogen-bond acceptors (Lipinski definition) is 1. The van der Waals surface area contributed by atoms with Crippen LogP contribution in [-0.2, 0) is 6.54 Å². The molecule has 2 N–H and O–H groups in total. The molecule has 2 nitrogen and oxygen atoms in total. The summed E-state index contributed by atoms with van der Waals surface area (Å²) >= 11 is 5.06. The van der Waals surface area contributed by atoms with Crippen LogP contribution in [0.1, 0.15) is 27.9 Å². The quantitative estimate of drug-likeness (QED) is 0.858. The fourth-order valence-electron chi connectivity index (χ4n) is 2.41. The van der Waals surface area contributed by atoms with Crippen LogP contribution in [0.4, 0.5) is 0 Å². The molecule has 18 heavy (non-hydrogen) atoms. The Morgan fingerprint density at radius 1 is 1.22 bits per heavy atom. The molecule has 2 rings (SSSR count). The van der Waals surface area contributed by atoms with E-state index in [4.69, 9.17) is 18.0 Å². The van der Waals surface area contributed by atoms with Gasteiger partial charge in [-0.25, -0.2) is 0 Å². The number of aromatic nitrogens is 1. The largest absolute Gasteiger partial charge is 0.388 e. The molecule has 0 atom stereocenters. The van der Waals surface area contributed by atoms with Crippen molar-refractivity contribution in [1.82, 2.24) is 4.57 Å². The lowest BCUT2D eigenvalue weighted by Gasteiger charge is -2.14. The summed E-state index contributed by atoms with van der Waals surface area (Å²) in [6, 6.07) is 8.37. The number of aryl methyl sites for hydroxylation is 3. The van der Waals surface area contributed by atoms with Crippen molar-refractivity contribution in [3.63, 3.8) is 0 Å². The van der Waals surface area contributed by atoms with Crippen LogP contribution in [0.25, 0.3) is 0 Å². The van der Waals surface area contributed by atoms with Gasteiger partial charge in [0, 0.05) is 12.7 Å². The summed E-state index contributed by atoms with van der Waals surface area (Å²) in [5.74, 6) is 0. The third-order valence-electron chi connectivity index (χ3n) is 3.25. The predicted molar refractivity (Wildman–Crippen MR) is 80.1 cm³/mol. The molecule has 0 amide bonds. The Kier molecular flexibility index (Phi) is 3.53. The summed E-state index contributed by atoms with van der Waals surface area (Å²) in [5.41, 5.74) is 11.9. The van der Waals surface area contributed by atoms with Crippen LogP contribution in [0.15, 0.2) is 30.5 Å². The van der Waals surface area contributed by atoms with Crippen molar-refractivity contribution < 1.29 is 0 Å². The van der Waals surface area contributed by atoms with E-state index in [0.29, 0.717) is 4.99 Å². The molecule has 2 aromatic rings. The molecule has 0 unspecified atom stereocenters. The molecule has 0 radical (unpaired) electrons. The van der Waals surface area contributed by atoms with E-state index >= 15 is 0 Å². The van der Waals surface area contributed by atoms with Crippen molar-refractivity contribution in [2.75, 3.05) is 0 Å². The number of benzene rings is 1. The van der Waals surface area contributed by atoms with Crippen LogP contribution in [0.2, 0.25) is 0 Å². The Morgan fingerprint density at radius 3 is 2.39 bits per heavy atom. The third kappa shape index (κ3) is 2.46. The minimum absolute atomic E-state index is 0.447. The Hall–Kier alpha value is -1.61. The van der Waals surface area contributed by atoms with E-state index in [2.05, 4.69) is 37.5 Å². The van der Waals surface area contributed by atoms with Gasteiger partial charge < -0.3 is 10.3 Å². The van der Waals surface area contributed by atoms with Gasteiger partial charge >= 0.3 is 0 Å². The van der Waals surface area contributed by atoms with Gasteiger partial charge in [0.2, 0.25) is 0 Å².